The van der Waals surface area contributed by atoms with Crippen LogP contribution < -0.4 is 24.8 Å². The zero-order chi connectivity index (χ0) is 24.0. The van der Waals surface area contributed by atoms with Gasteiger partial charge in [0.25, 0.3) is 0 Å². The molecule has 0 atom stereocenters. The van der Waals surface area contributed by atoms with Gasteiger partial charge in [0.2, 0.25) is 11.9 Å². The molecule has 0 saturated heterocycles. The SMILES string of the molecule is COc1cc2nc(Nc3ncccn3)nc(Nc3ccc(Oc4ccccc4)cc3)c2cc1OC. The van der Waals surface area contributed by atoms with Crippen molar-refractivity contribution in [1.29, 1.82) is 0 Å². The van der Waals surface area contributed by atoms with Crippen molar-refractivity contribution in [2.45, 2.75) is 0 Å². The van der Waals surface area contributed by atoms with Crippen molar-refractivity contribution in [1.82, 2.24) is 19.9 Å². The third kappa shape index (κ3) is 5.03. The average Bonchev–Trinajstić information content (AvgIpc) is 2.90. The van der Waals surface area contributed by atoms with Crippen LogP contribution in [0, 0.1) is 0 Å². The van der Waals surface area contributed by atoms with Crippen molar-refractivity contribution in [3.05, 3.63) is 85.2 Å². The zero-order valence-electron chi connectivity index (χ0n) is 19.1. The highest BCUT2D eigenvalue weighted by atomic mass is 16.5. The van der Waals surface area contributed by atoms with Gasteiger partial charge in [-0.2, -0.15) is 4.98 Å². The molecular formula is C26H22N6O3. The Morgan fingerprint density at radius 1 is 0.657 bits per heavy atom. The molecule has 0 amide bonds. The Morgan fingerprint density at radius 3 is 2.06 bits per heavy atom. The second-order valence-electron chi connectivity index (χ2n) is 7.38. The van der Waals surface area contributed by atoms with Crippen LogP contribution in [0.3, 0.4) is 0 Å². The molecule has 0 aliphatic carbocycles. The second kappa shape index (κ2) is 9.92. The predicted octanol–water partition coefficient (Wildman–Crippen LogP) is 5.72. The minimum atomic E-state index is 0.336. The average molecular weight is 467 g/mol. The van der Waals surface area contributed by atoms with Crippen LogP contribution in [0.2, 0.25) is 0 Å². The molecule has 9 nitrogen and oxygen atoms in total. The van der Waals surface area contributed by atoms with Gasteiger partial charge in [-0.05, 0) is 48.5 Å². The number of hydrogen-bond donors (Lipinski definition) is 2. The third-order valence-electron chi connectivity index (χ3n) is 5.09. The molecule has 0 fully saturated rings. The molecule has 9 heteroatoms. The fourth-order valence-corrected chi connectivity index (χ4v) is 3.44. The van der Waals surface area contributed by atoms with Gasteiger partial charge in [-0.25, -0.2) is 15.0 Å². The molecule has 35 heavy (non-hydrogen) atoms. The molecule has 0 saturated carbocycles. The van der Waals surface area contributed by atoms with Crippen molar-refractivity contribution in [2.75, 3.05) is 24.9 Å². The number of benzene rings is 3. The molecule has 3 aromatic carbocycles. The molecule has 174 valence electrons. The first kappa shape index (κ1) is 21.9. The highest BCUT2D eigenvalue weighted by Gasteiger charge is 2.14. The Kier molecular flexibility index (Phi) is 6.21. The first-order chi connectivity index (χ1) is 17.2. The van der Waals surface area contributed by atoms with Gasteiger partial charge in [0.1, 0.15) is 17.3 Å². The molecule has 0 aliphatic heterocycles. The number of anilines is 4. The van der Waals surface area contributed by atoms with Gasteiger partial charge in [0, 0.05) is 29.5 Å². The highest BCUT2D eigenvalue weighted by Crippen LogP contribution is 2.36. The monoisotopic (exact) mass is 466 g/mol. The smallest absolute Gasteiger partial charge is 0.232 e. The van der Waals surface area contributed by atoms with E-state index in [2.05, 4.69) is 30.6 Å². The Labute approximate surface area is 201 Å². The van der Waals surface area contributed by atoms with Crippen molar-refractivity contribution in [3.8, 4) is 23.0 Å². The van der Waals surface area contributed by atoms with Gasteiger partial charge in [0.05, 0.1) is 19.7 Å². The molecule has 0 unspecified atom stereocenters. The number of aromatic nitrogens is 4. The fraction of sp³-hybridized carbons (Fsp3) is 0.0769. The summed E-state index contributed by atoms with van der Waals surface area (Å²) >= 11 is 0. The largest absolute Gasteiger partial charge is 0.493 e. The molecule has 0 radical (unpaired) electrons. The maximum atomic E-state index is 5.89. The van der Waals surface area contributed by atoms with Crippen LogP contribution in [0.1, 0.15) is 0 Å². The van der Waals surface area contributed by atoms with Gasteiger partial charge in [-0.3, -0.25) is 5.32 Å². The van der Waals surface area contributed by atoms with E-state index in [4.69, 9.17) is 14.2 Å². The normalized spacial score (nSPS) is 10.6. The first-order valence-electron chi connectivity index (χ1n) is 10.8. The first-order valence-corrected chi connectivity index (χ1v) is 10.8. The molecule has 2 N–H and O–H groups in total. The number of methoxy groups -OCH3 is 2. The van der Waals surface area contributed by atoms with E-state index >= 15 is 0 Å². The Morgan fingerprint density at radius 2 is 1.34 bits per heavy atom. The molecule has 2 heterocycles. The van der Waals surface area contributed by atoms with E-state index in [1.54, 1.807) is 38.7 Å². The molecule has 2 aromatic heterocycles. The minimum Gasteiger partial charge on any atom is -0.493 e. The van der Waals surface area contributed by atoms with Gasteiger partial charge >= 0.3 is 0 Å². The van der Waals surface area contributed by atoms with E-state index in [0.29, 0.717) is 34.7 Å². The number of nitrogens with zero attached hydrogens (tertiary/aromatic N) is 4. The van der Waals surface area contributed by atoms with Crippen LogP contribution in [0.25, 0.3) is 10.9 Å². The fourth-order valence-electron chi connectivity index (χ4n) is 3.44. The quantitative estimate of drug-likeness (QED) is 0.297. The van der Waals surface area contributed by atoms with E-state index in [1.807, 2.05) is 60.7 Å². The topological polar surface area (TPSA) is 103 Å². The molecular weight excluding hydrogens is 444 g/mol. The predicted molar refractivity (Wildman–Crippen MR) is 134 cm³/mol. The number of para-hydroxylation sites is 1. The van der Waals surface area contributed by atoms with Crippen molar-refractivity contribution < 1.29 is 14.2 Å². The summed E-state index contributed by atoms with van der Waals surface area (Å²) in [5.41, 5.74) is 1.48. The number of hydrogen-bond acceptors (Lipinski definition) is 9. The van der Waals surface area contributed by atoms with Gasteiger partial charge < -0.3 is 19.5 Å². The summed E-state index contributed by atoms with van der Waals surface area (Å²) in [6.45, 7) is 0. The van der Waals surface area contributed by atoms with E-state index in [1.165, 1.54) is 0 Å². The lowest BCUT2D eigenvalue weighted by Gasteiger charge is -2.14. The Balaban J connectivity index is 1.49. The lowest BCUT2D eigenvalue weighted by Crippen LogP contribution is -2.04. The third-order valence-corrected chi connectivity index (χ3v) is 5.09. The maximum absolute atomic E-state index is 5.89. The van der Waals surface area contributed by atoms with Crippen LogP contribution in [-0.2, 0) is 0 Å². The van der Waals surface area contributed by atoms with Crippen LogP contribution in [0.15, 0.2) is 85.2 Å². The van der Waals surface area contributed by atoms with Crippen LogP contribution in [-0.4, -0.2) is 34.2 Å². The lowest BCUT2D eigenvalue weighted by molar-refractivity contribution is 0.356. The van der Waals surface area contributed by atoms with Gasteiger partial charge in [-0.1, -0.05) is 18.2 Å². The van der Waals surface area contributed by atoms with E-state index in [-0.39, 0.29) is 0 Å². The second-order valence-corrected chi connectivity index (χ2v) is 7.38. The van der Waals surface area contributed by atoms with Crippen molar-refractivity contribution >= 4 is 34.3 Å². The summed E-state index contributed by atoms with van der Waals surface area (Å²) in [5, 5.41) is 7.17. The van der Waals surface area contributed by atoms with Crippen molar-refractivity contribution in [3.63, 3.8) is 0 Å². The zero-order valence-corrected chi connectivity index (χ0v) is 19.1. The number of nitrogens with one attached hydrogen (secondary N) is 2. The van der Waals surface area contributed by atoms with Gasteiger partial charge in [-0.15, -0.1) is 0 Å². The summed E-state index contributed by atoms with van der Waals surface area (Å²) in [4.78, 5) is 17.7. The van der Waals surface area contributed by atoms with Crippen molar-refractivity contribution in [2.24, 2.45) is 0 Å². The van der Waals surface area contributed by atoms with Crippen LogP contribution in [0.4, 0.5) is 23.4 Å². The summed E-state index contributed by atoms with van der Waals surface area (Å²) < 4.78 is 16.8. The highest BCUT2D eigenvalue weighted by molar-refractivity contribution is 5.94. The summed E-state index contributed by atoms with van der Waals surface area (Å²) in [5.74, 6) is 3.94. The Hall–Kier alpha value is -4.92. The van der Waals surface area contributed by atoms with Crippen LogP contribution >= 0.6 is 0 Å². The minimum absolute atomic E-state index is 0.336. The summed E-state index contributed by atoms with van der Waals surface area (Å²) in [6.07, 6.45) is 3.28. The molecule has 0 spiro atoms. The lowest BCUT2D eigenvalue weighted by atomic mass is 10.2. The van der Waals surface area contributed by atoms with E-state index < -0.39 is 0 Å². The number of ether oxygens (including phenoxy) is 3. The Bertz CT molecular complexity index is 1430. The summed E-state index contributed by atoms with van der Waals surface area (Å²) in [7, 11) is 3.17. The van der Waals surface area contributed by atoms with Gasteiger partial charge in [0.15, 0.2) is 11.5 Å². The number of rotatable bonds is 8. The van der Waals surface area contributed by atoms with E-state index in [9.17, 15) is 0 Å². The molecule has 5 aromatic rings. The maximum Gasteiger partial charge on any atom is 0.232 e. The van der Waals surface area contributed by atoms with Crippen LogP contribution in [0.5, 0.6) is 23.0 Å². The van der Waals surface area contributed by atoms with E-state index in [0.717, 1.165) is 22.6 Å². The molecule has 5 rings (SSSR count). The molecule has 0 aliphatic rings. The number of fused-ring (bicyclic) bond motifs is 1. The molecule has 0 bridgehead atoms. The standard InChI is InChI=1S/C26H22N6O3/c1-33-22-15-20-21(16-23(22)34-2)30-26(32-25-27-13-6-14-28-25)31-24(20)29-17-9-11-19(12-10-17)35-18-7-4-3-5-8-18/h3-16H,1-2H3,(H2,27,28,29,30,31,32). The summed E-state index contributed by atoms with van der Waals surface area (Å²) in [6, 6.07) is 22.6.